The Balaban J connectivity index is 2.40. The maximum Gasteiger partial charge on any atom is 0.214 e. The highest BCUT2D eigenvalue weighted by atomic mass is 16.1. The zero-order chi connectivity index (χ0) is 13.6. The lowest BCUT2D eigenvalue weighted by molar-refractivity contribution is 0.103. The van der Waals surface area contributed by atoms with Gasteiger partial charge < -0.3 is 0 Å². The molecular weight excluding hydrogens is 240 g/mol. The van der Waals surface area contributed by atoms with Gasteiger partial charge in [0.2, 0.25) is 5.78 Å². The summed E-state index contributed by atoms with van der Waals surface area (Å²) in [6, 6.07) is 9.04. The predicted molar refractivity (Wildman–Crippen MR) is 65.1 cm³/mol. The first kappa shape index (κ1) is 11.1. The lowest BCUT2D eigenvalue weighted by Crippen LogP contribution is -2.04. The summed E-state index contributed by atoms with van der Waals surface area (Å²) in [6.45, 7) is 1.83. The van der Waals surface area contributed by atoms with Crippen molar-refractivity contribution in [1.82, 2.24) is 9.97 Å². The minimum atomic E-state index is -0.239. The van der Waals surface area contributed by atoms with Gasteiger partial charge >= 0.3 is 0 Å². The average Bonchev–Trinajstić information content (AvgIpc) is 2.71. The second-order valence-corrected chi connectivity index (χ2v) is 4.17. The molecule has 1 aliphatic rings. The van der Waals surface area contributed by atoms with Crippen molar-refractivity contribution in [3.8, 4) is 23.4 Å². The van der Waals surface area contributed by atoms with E-state index >= 15 is 0 Å². The largest absolute Gasteiger partial charge is 0.287 e. The maximum atomic E-state index is 12.3. The van der Waals surface area contributed by atoms with E-state index < -0.39 is 0 Å². The van der Waals surface area contributed by atoms with Crippen molar-refractivity contribution < 1.29 is 4.79 Å². The molecule has 0 amide bonds. The van der Waals surface area contributed by atoms with Gasteiger partial charge in [-0.25, -0.2) is 9.97 Å². The van der Waals surface area contributed by atoms with Crippen molar-refractivity contribution in [2.24, 2.45) is 0 Å². The smallest absolute Gasteiger partial charge is 0.214 e. The number of nitriles is 2. The van der Waals surface area contributed by atoms with Crippen LogP contribution in [0.3, 0.4) is 0 Å². The minimum absolute atomic E-state index is 0.0524. The molecule has 3 rings (SSSR count). The van der Waals surface area contributed by atoms with Crippen molar-refractivity contribution in [2.75, 3.05) is 0 Å². The van der Waals surface area contributed by atoms with Crippen molar-refractivity contribution in [1.29, 1.82) is 10.5 Å². The van der Waals surface area contributed by atoms with Crippen LogP contribution in [0.5, 0.6) is 0 Å². The molecular formula is C14H6N4O. The molecule has 0 aliphatic heterocycles. The Morgan fingerprint density at radius 2 is 1.68 bits per heavy atom. The van der Waals surface area contributed by atoms with Crippen molar-refractivity contribution in [3.05, 3.63) is 46.4 Å². The molecule has 0 radical (unpaired) electrons. The molecule has 0 spiro atoms. The van der Waals surface area contributed by atoms with E-state index in [-0.39, 0.29) is 22.9 Å². The third kappa shape index (κ3) is 1.36. The van der Waals surface area contributed by atoms with Crippen LogP contribution in [-0.4, -0.2) is 15.8 Å². The van der Waals surface area contributed by atoms with Gasteiger partial charge in [-0.1, -0.05) is 18.2 Å². The Hall–Kier alpha value is -3.05. The summed E-state index contributed by atoms with van der Waals surface area (Å²) in [6.07, 6.45) is 0. The van der Waals surface area contributed by atoms with Gasteiger partial charge in [-0.2, -0.15) is 10.5 Å². The highest BCUT2D eigenvalue weighted by Gasteiger charge is 2.32. The number of carbonyl (C=O) groups excluding carboxylic acids is 1. The van der Waals surface area contributed by atoms with Gasteiger partial charge in [-0.3, -0.25) is 4.79 Å². The number of ketones is 1. The number of nitrogens with zero attached hydrogens (tertiary/aromatic N) is 4. The Morgan fingerprint density at radius 1 is 1.05 bits per heavy atom. The van der Waals surface area contributed by atoms with Crippen LogP contribution >= 0.6 is 0 Å². The Bertz CT molecular complexity index is 825. The van der Waals surface area contributed by atoms with Crippen LogP contribution in [0.15, 0.2) is 18.2 Å². The number of hydrogen-bond acceptors (Lipinski definition) is 5. The van der Waals surface area contributed by atoms with Gasteiger partial charge in [-0.15, -0.1) is 0 Å². The van der Waals surface area contributed by atoms with Gasteiger partial charge in [0.1, 0.15) is 23.5 Å². The van der Waals surface area contributed by atoms with Crippen molar-refractivity contribution in [2.45, 2.75) is 6.92 Å². The normalized spacial score (nSPS) is 11.4. The molecule has 1 aromatic carbocycles. The first-order valence-corrected chi connectivity index (χ1v) is 5.54. The van der Waals surface area contributed by atoms with Gasteiger partial charge in [0.05, 0.1) is 0 Å². The number of rotatable bonds is 0. The van der Waals surface area contributed by atoms with Gasteiger partial charge in [-0.05, 0) is 12.5 Å². The first-order chi connectivity index (χ1) is 9.17. The zero-order valence-electron chi connectivity index (χ0n) is 9.93. The minimum Gasteiger partial charge on any atom is -0.287 e. The third-order valence-electron chi connectivity index (χ3n) is 3.08. The van der Waals surface area contributed by atoms with E-state index in [2.05, 4.69) is 9.97 Å². The van der Waals surface area contributed by atoms with Crippen LogP contribution in [0.25, 0.3) is 11.3 Å². The summed E-state index contributed by atoms with van der Waals surface area (Å²) in [5.41, 5.74) is 2.44. The van der Waals surface area contributed by atoms with E-state index in [1.165, 1.54) is 0 Å². The summed E-state index contributed by atoms with van der Waals surface area (Å²) in [5, 5.41) is 17.9. The number of hydrogen-bond donors (Lipinski definition) is 0. The second kappa shape index (κ2) is 3.72. The number of carbonyl (C=O) groups is 1. The second-order valence-electron chi connectivity index (χ2n) is 4.17. The highest BCUT2D eigenvalue weighted by Crippen LogP contribution is 2.36. The summed E-state index contributed by atoms with van der Waals surface area (Å²) in [5.74, 6) is -0.239. The zero-order valence-corrected chi connectivity index (χ0v) is 9.93. The molecule has 0 unspecified atom stereocenters. The Labute approximate surface area is 108 Å². The molecule has 0 saturated heterocycles. The molecule has 0 bridgehead atoms. The van der Waals surface area contributed by atoms with Crippen LogP contribution < -0.4 is 0 Å². The molecule has 5 nitrogen and oxygen atoms in total. The van der Waals surface area contributed by atoms with Crippen LogP contribution in [0.2, 0.25) is 0 Å². The molecule has 1 heterocycles. The summed E-state index contributed by atoms with van der Waals surface area (Å²) in [4.78, 5) is 20.4. The van der Waals surface area contributed by atoms with Crippen LogP contribution in [0, 0.1) is 29.6 Å². The number of aromatic nitrogens is 2. The van der Waals surface area contributed by atoms with Crippen LogP contribution in [-0.2, 0) is 0 Å². The topological polar surface area (TPSA) is 90.4 Å². The van der Waals surface area contributed by atoms with Gasteiger partial charge in [0, 0.05) is 11.1 Å². The number of benzene rings is 1. The molecule has 88 valence electrons. The fraction of sp³-hybridized carbons (Fsp3) is 0.0714. The van der Waals surface area contributed by atoms with E-state index in [1.807, 2.05) is 25.1 Å². The van der Waals surface area contributed by atoms with E-state index in [0.717, 1.165) is 5.56 Å². The summed E-state index contributed by atoms with van der Waals surface area (Å²) in [7, 11) is 0. The fourth-order valence-electron chi connectivity index (χ4n) is 2.22. The number of aryl methyl sites for hydroxylation is 1. The molecule has 1 aromatic heterocycles. The van der Waals surface area contributed by atoms with E-state index in [9.17, 15) is 4.79 Å². The Morgan fingerprint density at radius 3 is 2.32 bits per heavy atom. The molecule has 0 fully saturated rings. The first-order valence-electron chi connectivity index (χ1n) is 5.54. The molecule has 0 atom stereocenters. The van der Waals surface area contributed by atoms with Crippen molar-refractivity contribution >= 4 is 5.78 Å². The SMILES string of the molecule is Cc1cccc2c1C(=O)c1nc(C#N)c(C#N)nc1-2. The highest BCUT2D eigenvalue weighted by molar-refractivity contribution is 6.20. The average molecular weight is 246 g/mol. The lowest BCUT2D eigenvalue weighted by Gasteiger charge is -2.00. The molecule has 19 heavy (non-hydrogen) atoms. The quantitative estimate of drug-likeness (QED) is 0.602. The predicted octanol–water partition coefficient (Wildman–Crippen LogP) is 1.74. The van der Waals surface area contributed by atoms with Gasteiger partial charge in [0.25, 0.3) is 0 Å². The molecule has 2 aromatic rings. The Kier molecular flexibility index (Phi) is 2.17. The van der Waals surface area contributed by atoms with E-state index in [1.54, 1.807) is 12.1 Å². The summed E-state index contributed by atoms with van der Waals surface area (Å²) >= 11 is 0. The number of fused-ring (bicyclic) bond motifs is 3. The van der Waals surface area contributed by atoms with Crippen LogP contribution in [0.4, 0.5) is 0 Å². The molecule has 0 N–H and O–H groups in total. The summed E-state index contributed by atoms with van der Waals surface area (Å²) < 4.78 is 0. The monoisotopic (exact) mass is 246 g/mol. The molecule has 5 heteroatoms. The standard InChI is InChI=1S/C14H6N4O/c1-7-3-2-4-8-11(7)14(19)13-12(8)17-9(5-15)10(6-16)18-13/h2-4H,1H3. The maximum absolute atomic E-state index is 12.3. The van der Waals surface area contributed by atoms with Crippen molar-refractivity contribution in [3.63, 3.8) is 0 Å². The lowest BCUT2D eigenvalue weighted by atomic mass is 10.0. The van der Waals surface area contributed by atoms with E-state index in [0.29, 0.717) is 16.8 Å². The van der Waals surface area contributed by atoms with Crippen LogP contribution in [0.1, 0.15) is 33.0 Å². The molecule has 0 saturated carbocycles. The molecule has 1 aliphatic carbocycles. The van der Waals surface area contributed by atoms with E-state index in [4.69, 9.17) is 10.5 Å². The fourth-order valence-corrected chi connectivity index (χ4v) is 2.22. The van der Waals surface area contributed by atoms with Gasteiger partial charge in [0.15, 0.2) is 11.4 Å². The third-order valence-corrected chi connectivity index (χ3v) is 3.08.